The minimum atomic E-state index is -0.915. The summed E-state index contributed by atoms with van der Waals surface area (Å²) in [4.78, 5) is 14.4. The minimum Gasteiger partial charge on any atom is -0.390 e. The van der Waals surface area contributed by atoms with E-state index in [1.807, 2.05) is 6.92 Å². The average molecular weight is 336 g/mol. The summed E-state index contributed by atoms with van der Waals surface area (Å²) in [6.07, 6.45) is 0.440. The third kappa shape index (κ3) is 3.18. The number of rotatable bonds is 2. The van der Waals surface area contributed by atoms with E-state index in [2.05, 4.69) is 5.32 Å². The Morgan fingerprint density at radius 3 is 2.83 bits per heavy atom. The van der Waals surface area contributed by atoms with Gasteiger partial charge in [0.15, 0.2) is 0 Å². The van der Waals surface area contributed by atoms with E-state index in [0.29, 0.717) is 18.5 Å². The highest BCUT2D eigenvalue weighted by Gasteiger charge is 2.47. The molecule has 2 fully saturated rings. The van der Waals surface area contributed by atoms with E-state index < -0.39 is 17.7 Å². The van der Waals surface area contributed by atoms with Crippen LogP contribution in [0.3, 0.4) is 0 Å². The van der Waals surface area contributed by atoms with Crippen LogP contribution in [0, 0.1) is 5.82 Å². The Balaban J connectivity index is 1.96. The molecule has 4 atom stereocenters. The van der Waals surface area contributed by atoms with Crippen molar-refractivity contribution in [1.82, 2.24) is 10.2 Å². The summed E-state index contributed by atoms with van der Waals surface area (Å²) >= 11 is 0. The second kappa shape index (κ2) is 6.78. The lowest BCUT2D eigenvalue weighted by Gasteiger charge is -2.45. The standard InChI is InChI=1S/C18H25FN2O3/c1-18-9-14(22)15(23)10-20-16(18)7-4-8-17(24)21(18)11-12-5-2-3-6-13(12)19/h2-3,5-6,14-16,20,22-23H,4,7-11H2,1H3/t14-,15+,16-,18+/m1/s1. The Bertz CT molecular complexity index is 612. The zero-order valence-electron chi connectivity index (χ0n) is 13.9. The highest BCUT2D eigenvalue weighted by molar-refractivity contribution is 5.77. The predicted molar refractivity (Wildman–Crippen MR) is 87.6 cm³/mol. The molecule has 1 amide bonds. The van der Waals surface area contributed by atoms with Crippen molar-refractivity contribution in [1.29, 1.82) is 0 Å². The average Bonchev–Trinajstić information content (AvgIpc) is 2.72. The first kappa shape index (κ1) is 17.3. The molecule has 1 aromatic carbocycles. The third-order valence-corrected chi connectivity index (χ3v) is 5.48. The molecular formula is C18H25FN2O3. The molecule has 3 N–H and O–H groups in total. The van der Waals surface area contributed by atoms with Crippen LogP contribution in [0.25, 0.3) is 0 Å². The van der Waals surface area contributed by atoms with Gasteiger partial charge in [0.2, 0.25) is 5.91 Å². The van der Waals surface area contributed by atoms with Gasteiger partial charge >= 0.3 is 0 Å². The van der Waals surface area contributed by atoms with Crippen LogP contribution < -0.4 is 5.32 Å². The Morgan fingerprint density at radius 2 is 2.08 bits per heavy atom. The molecule has 0 unspecified atom stereocenters. The normalized spacial score (nSPS) is 34.4. The lowest BCUT2D eigenvalue weighted by Crippen LogP contribution is -2.59. The second-order valence-electron chi connectivity index (χ2n) is 7.12. The number of hydrogen-bond acceptors (Lipinski definition) is 4. The first-order chi connectivity index (χ1) is 11.4. The molecule has 1 aromatic rings. The fraction of sp³-hybridized carbons (Fsp3) is 0.611. The number of aliphatic hydroxyl groups is 2. The summed E-state index contributed by atoms with van der Waals surface area (Å²) in [5, 5.41) is 23.6. The Morgan fingerprint density at radius 1 is 1.33 bits per heavy atom. The fourth-order valence-electron chi connectivity index (χ4n) is 3.97. The van der Waals surface area contributed by atoms with E-state index in [9.17, 15) is 19.4 Å². The van der Waals surface area contributed by atoms with Crippen LogP contribution in [0.1, 0.15) is 38.2 Å². The van der Waals surface area contributed by atoms with Gasteiger partial charge in [0, 0.05) is 37.5 Å². The van der Waals surface area contributed by atoms with Gasteiger partial charge in [-0.15, -0.1) is 0 Å². The summed E-state index contributed by atoms with van der Waals surface area (Å²) in [5.41, 5.74) is -0.209. The molecule has 2 saturated heterocycles. The van der Waals surface area contributed by atoms with E-state index in [-0.39, 0.29) is 30.7 Å². The lowest BCUT2D eigenvalue weighted by atomic mass is 9.83. The molecule has 6 heteroatoms. The number of halogens is 1. The van der Waals surface area contributed by atoms with Crippen molar-refractivity contribution in [3.8, 4) is 0 Å². The van der Waals surface area contributed by atoms with Gasteiger partial charge in [-0.2, -0.15) is 0 Å². The number of carbonyl (C=O) groups excluding carboxylic acids is 1. The predicted octanol–water partition coefficient (Wildman–Crippen LogP) is 1.18. The number of nitrogens with one attached hydrogen (secondary N) is 1. The number of carbonyl (C=O) groups is 1. The SMILES string of the molecule is C[C@]12C[C@@H](O)[C@@H](O)CN[C@@H]1CCCC(=O)N2Cc1ccccc1F. The number of nitrogens with zero attached hydrogens (tertiary/aromatic N) is 1. The lowest BCUT2D eigenvalue weighted by molar-refractivity contribution is -0.139. The Hall–Kier alpha value is -1.50. The molecule has 0 radical (unpaired) electrons. The van der Waals surface area contributed by atoms with E-state index in [1.165, 1.54) is 6.07 Å². The second-order valence-corrected chi connectivity index (χ2v) is 7.12. The van der Waals surface area contributed by atoms with Crippen LogP contribution in [0.15, 0.2) is 24.3 Å². The number of amides is 1. The van der Waals surface area contributed by atoms with Crippen LogP contribution in [0.2, 0.25) is 0 Å². The minimum absolute atomic E-state index is 0.0337. The van der Waals surface area contributed by atoms with Gasteiger partial charge < -0.3 is 20.4 Å². The topological polar surface area (TPSA) is 72.8 Å². The summed E-state index contributed by atoms with van der Waals surface area (Å²) in [6.45, 7) is 2.39. The van der Waals surface area contributed by atoms with Crippen LogP contribution in [0.5, 0.6) is 0 Å². The highest BCUT2D eigenvalue weighted by Crippen LogP contribution is 2.36. The molecule has 2 aliphatic rings. The van der Waals surface area contributed by atoms with Crippen molar-refractivity contribution in [3.05, 3.63) is 35.6 Å². The largest absolute Gasteiger partial charge is 0.390 e. The molecule has 0 aliphatic carbocycles. The number of β-amino-alcohol motifs (C(OH)–C–C–N with tert-alkyl or cyclic N) is 1. The number of benzene rings is 1. The number of likely N-dealkylation sites (tertiary alicyclic amines) is 1. The number of hydrogen-bond donors (Lipinski definition) is 3. The zero-order chi connectivity index (χ0) is 17.3. The molecule has 5 nitrogen and oxygen atoms in total. The molecule has 2 heterocycles. The van der Waals surface area contributed by atoms with Gasteiger partial charge in [-0.3, -0.25) is 4.79 Å². The number of aliphatic hydroxyl groups excluding tert-OH is 2. The van der Waals surface area contributed by atoms with Gasteiger partial charge in [0.1, 0.15) is 5.82 Å². The maximum atomic E-state index is 14.1. The van der Waals surface area contributed by atoms with Crippen molar-refractivity contribution in [3.63, 3.8) is 0 Å². The van der Waals surface area contributed by atoms with E-state index in [0.717, 1.165) is 12.8 Å². The van der Waals surface area contributed by atoms with Crippen molar-refractivity contribution in [2.45, 2.75) is 62.9 Å². The summed E-state index contributed by atoms with van der Waals surface area (Å²) in [7, 11) is 0. The maximum absolute atomic E-state index is 14.1. The molecule has 0 aromatic heterocycles. The van der Waals surface area contributed by atoms with Gasteiger partial charge in [0.25, 0.3) is 0 Å². The highest BCUT2D eigenvalue weighted by atomic mass is 19.1. The van der Waals surface area contributed by atoms with Gasteiger partial charge in [-0.25, -0.2) is 4.39 Å². The molecule has 3 rings (SSSR count). The van der Waals surface area contributed by atoms with Gasteiger partial charge in [-0.05, 0) is 25.8 Å². The van der Waals surface area contributed by atoms with Crippen LogP contribution in [0.4, 0.5) is 4.39 Å². The molecule has 0 bridgehead atoms. The van der Waals surface area contributed by atoms with E-state index >= 15 is 0 Å². The van der Waals surface area contributed by atoms with Crippen molar-refractivity contribution >= 4 is 5.91 Å². The van der Waals surface area contributed by atoms with Gasteiger partial charge in [-0.1, -0.05) is 18.2 Å². The fourth-order valence-corrected chi connectivity index (χ4v) is 3.97. The van der Waals surface area contributed by atoms with Gasteiger partial charge in [0.05, 0.1) is 17.7 Å². The molecule has 0 spiro atoms. The quantitative estimate of drug-likeness (QED) is 0.758. The van der Waals surface area contributed by atoms with Crippen LogP contribution in [-0.2, 0) is 11.3 Å². The molecule has 24 heavy (non-hydrogen) atoms. The van der Waals surface area contributed by atoms with Crippen molar-refractivity contribution in [2.75, 3.05) is 6.54 Å². The van der Waals surface area contributed by atoms with Crippen LogP contribution >= 0.6 is 0 Å². The summed E-state index contributed by atoms with van der Waals surface area (Å²) in [5.74, 6) is -0.370. The number of fused-ring (bicyclic) bond motifs is 1. The molecule has 0 saturated carbocycles. The van der Waals surface area contributed by atoms with Crippen LogP contribution in [-0.4, -0.2) is 51.4 Å². The van der Waals surface area contributed by atoms with Crippen molar-refractivity contribution < 1.29 is 19.4 Å². The maximum Gasteiger partial charge on any atom is 0.223 e. The van der Waals surface area contributed by atoms with E-state index in [1.54, 1.807) is 23.1 Å². The Kier molecular flexibility index (Phi) is 4.90. The monoisotopic (exact) mass is 336 g/mol. The summed E-state index contributed by atoms with van der Waals surface area (Å²) in [6, 6.07) is 6.41. The first-order valence-corrected chi connectivity index (χ1v) is 8.55. The molecular weight excluding hydrogens is 311 g/mol. The molecule has 2 aliphatic heterocycles. The van der Waals surface area contributed by atoms with E-state index in [4.69, 9.17) is 0 Å². The molecule has 132 valence electrons. The third-order valence-electron chi connectivity index (χ3n) is 5.48. The van der Waals surface area contributed by atoms with Crippen molar-refractivity contribution in [2.24, 2.45) is 0 Å². The first-order valence-electron chi connectivity index (χ1n) is 8.55. The summed E-state index contributed by atoms with van der Waals surface area (Å²) < 4.78 is 14.1. The Labute approximate surface area is 141 Å². The zero-order valence-corrected chi connectivity index (χ0v) is 13.9. The smallest absolute Gasteiger partial charge is 0.223 e.